The average molecular weight is 668 g/mol. The van der Waals surface area contributed by atoms with Crippen LogP contribution in [0.5, 0.6) is 0 Å². The Labute approximate surface area is 277 Å². The zero-order chi connectivity index (χ0) is 33.5. The van der Waals surface area contributed by atoms with Crippen molar-refractivity contribution in [2.24, 2.45) is 22.2 Å². The van der Waals surface area contributed by atoms with E-state index in [9.17, 15) is 29.1 Å². The van der Waals surface area contributed by atoms with E-state index in [1.54, 1.807) is 48.5 Å². The van der Waals surface area contributed by atoms with Crippen LogP contribution >= 0.6 is 12.4 Å². The highest BCUT2D eigenvalue weighted by Gasteiger charge is 2.41. The van der Waals surface area contributed by atoms with Gasteiger partial charge >= 0.3 is 6.09 Å². The number of primary amides is 1. The molecule has 15 heteroatoms. The summed E-state index contributed by atoms with van der Waals surface area (Å²) in [4.78, 5) is 67.5. The second kappa shape index (κ2) is 18.5. The molecular weight excluding hydrogens is 630 g/mol. The largest absolute Gasteiger partial charge is 0.445 e. The lowest BCUT2D eigenvalue weighted by Gasteiger charge is -2.29. The number of alkyl carbamates (subject to hydrolysis) is 1. The normalized spacial score (nSPS) is 12.2. The second-order valence-corrected chi connectivity index (χ2v) is 10.1. The summed E-state index contributed by atoms with van der Waals surface area (Å²) in [6.07, 6.45) is -0.477. The fourth-order valence-electron chi connectivity index (χ4n) is 4.50. The van der Waals surface area contributed by atoms with E-state index in [1.165, 1.54) is 30.3 Å². The molecule has 1 unspecified atom stereocenters. The number of hydrogen-bond donors (Lipinski definition) is 7. The van der Waals surface area contributed by atoms with Gasteiger partial charge in [-0.25, -0.2) is 4.79 Å². The molecule has 4 amide bonds. The maximum Gasteiger partial charge on any atom is 0.407 e. The predicted octanol–water partition coefficient (Wildman–Crippen LogP) is 0.593. The first-order valence-corrected chi connectivity index (χ1v) is 14.3. The molecule has 0 spiro atoms. The molecule has 0 aliphatic carbocycles. The lowest BCUT2D eigenvalue weighted by atomic mass is 9.81. The Morgan fingerprint density at radius 3 is 2.04 bits per heavy atom. The number of Topliss-reactive ketones (excluding diaryl/α,β-unsaturated/α-hetero) is 1. The SMILES string of the molecule is Cl.NC(=O)C(O)(c1ccccc1)c1ccccc1C(=O)[C@H](CCCN=C(N)N)NC(=O)CNC(=O)CNC(=O)OCc1ccccc1. The molecule has 0 radical (unpaired) electrons. The number of carbonyl (C=O) groups excluding carboxylic acids is 5. The molecule has 0 heterocycles. The van der Waals surface area contributed by atoms with Gasteiger partial charge in [0.1, 0.15) is 13.2 Å². The Balaban J connectivity index is 0.00000768. The van der Waals surface area contributed by atoms with Crippen LogP contribution in [0.15, 0.2) is 89.9 Å². The first-order valence-electron chi connectivity index (χ1n) is 14.3. The number of carbonyl (C=O) groups is 5. The molecule has 0 saturated carbocycles. The van der Waals surface area contributed by atoms with Gasteiger partial charge in [0.15, 0.2) is 17.3 Å². The van der Waals surface area contributed by atoms with Crippen LogP contribution in [0.2, 0.25) is 0 Å². The van der Waals surface area contributed by atoms with E-state index in [1.807, 2.05) is 6.07 Å². The third kappa shape index (κ3) is 11.1. The van der Waals surface area contributed by atoms with Crippen molar-refractivity contribution in [2.45, 2.75) is 31.1 Å². The second-order valence-electron chi connectivity index (χ2n) is 10.1. The topological polar surface area (TPSA) is 241 Å². The Bertz CT molecular complexity index is 1550. The number of guanidine groups is 1. The lowest BCUT2D eigenvalue weighted by molar-refractivity contribution is -0.133. The summed E-state index contributed by atoms with van der Waals surface area (Å²) in [6.45, 7) is -0.809. The number of rotatable bonds is 16. The van der Waals surface area contributed by atoms with Gasteiger partial charge < -0.3 is 43.0 Å². The molecule has 0 aliphatic rings. The molecule has 14 nitrogen and oxygen atoms in total. The van der Waals surface area contributed by atoms with Gasteiger partial charge in [-0.1, -0.05) is 84.9 Å². The van der Waals surface area contributed by atoms with Crippen molar-refractivity contribution in [2.75, 3.05) is 19.6 Å². The Morgan fingerprint density at radius 1 is 0.809 bits per heavy atom. The average Bonchev–Trinajstić information content (AvgIpc) is 3.06. The van der Waals surface area contributed by atoms with Gasteiger partial charge in [-0.2, -0.15) is 0 Å². The van der Waals surface area contributed by atoms with Gasteiger partial charge in [-0.05, 0) is 24.0 Å². The van der Waals surface area contributed by atoms with Gasteiger partial charge in [0.2, 0.25) is 11.8 Å². The zero-order valence-electron chi connectivity index (χ0n) is 25.4. The minimum atomic E-state index is -2.36. The van der Waals surface area contributed by atoms with Crippen molar-refractivity contribution >= 4 is 48.0 Å². The summed E-state index contributed by atoms with van der Waals surface area (Å²) in [5.74, 6) is -3.27. The van der Waals surface area contributed by atoms with E-state index < -0.39 is 54.3 Å². The number of nitrogens with two attached hydrogens (primary N) is 3. The third-order valence-corrected chi connectivity index (χ3v) is 6.78. The fourth-order valence-corrected chi connectivity index (χ4v) is 4.50. The highest BCUT2D eigenvalue weighted by molar-refractivity contribution is 6.05. The van der Waals surface area contributed by atoms with E-state index >= 15 is 0 Å². The summed E-state index contributed by atoms with van der Waals surface area (Å²) in [5.41, 5.74) is 14.9. The molecule has 2 atom stereocenters. The van der Waals surface area contributed by atoms with Gasteiger partial charge in [-0.15, -0.1) is 12.4 Å². The molecule has 0 bridgehead atoms. The van der Waals surface area contributed by atoms with Crippen LogP contribution in [0.4, 0.5) is 4.79 Å². The van der Waals surface area contributed by atoms with Crippen molar-refractivity contribution in [3.8, 4) is 0 Å². The third-order valence-electron chi connectivity index (χ3n) is 6.78. The van der Waals surface area contributed by atoms with Crippen LogP contribution in [-0.4, -0.2) is 66.3 Å². The summed E-state index contributed by atoms with van der Waals surface area (Å²) >= 11 is 0. The Hall–Kier alpha value is -5.47. The van der Waals surface area contributed by atoms with Gasteiger partial charge in [0.05, 0.1) is 12.6 Å². The summed E-state index contributed by atoms with van der Waals surface area (Å²) in [6, 6.07) is 21.6. The van der Waals surface area contributed by atoms with Crippen LogP contribution in [0.3, 0.4) is 0 Å². The summed E-state index contributed by atoms with van der Waals surface area (Å²) in [7, 11) is 0. The number of aliphatic hydroxyl groups is 1. The van der Waals surface area contributed by atoms with Crippen molar-refractivity contribution in [1.29, 1.82) is 0 Å². The molecule has 0 fully saturated rings. The molecular formula is C32H38ClN7O7. The number of amides is 4. The monoisotopic (exact) mass is 667 g/mol. The molecule has 3 rings (SSSR count). The van der Waals surface area contributed by atoms with Crippen LogP contribution in [-0.2, 0) is 31.3 Å². The van der Waals surface area contributed by atoms with Crippen molar-refractivity contribution < 1.29 is 33.8 Å². The summed E-state index contributed by atoms with van der Waals surface area (Å²) in [5, 5.41) is 18.8. The van der Waals surface area contributed by atoms with E-state index in [2.05, 4.69) is 20.9 Å². The molecule has 0 saturated heterocycles. The van der Waals surface area contributed by atoms with Crippen molar-refractivity contribution in [3.63, 3.8) is 0 Å². The first kappa shape index (κ1) is 37.7. The van der Waals surface area contributed by atoms with Crippen molar-refractivity contribution in [1.82, 2.24) is 16.0 Å². The van der Waals surface area contributed by atoms with E-state index in [0.29, 0.717) is 0 Å². The number of aliphatic imine (C=N–C) groups is 1. The number of nitrogens with zero attached hydrogens (tertiary/aromatic N) is 1. The molecule has 3 aromatic rings. The Kier molecular flexibility index (Phi) is 14.8. The summed E-state index contributed by atoms with van der Waals surface area (Å²) < 4.78 is 5.04. The van der Waals surface area contributed by atoms with Crippen LogP contribution < -0.4 is 33.2 Å². The number of ketones is 1. The zero-order valence-corrected chi connectivity index (χ0v) is 26.2. The standard InChI is InChI=1S/C32H37N7O7.ClH/c33-29(43)32(45,22-12-5-2-6-13-22)24-15-8-7-14-23(24)28(42)25(16-9-17-36-30(34)35)39-27(41)19-37-26(40)18-38-31(44)46-20-21-10-3-1-4-11-21;/h1-8,10-15,25,45H,9,16-20H2,(H2,33,43)(H,37,40)(H,38,44)(H,39,41)(H4,34,35,36);1H/t25-,32?;/m0./s1. The molecule has 10 N–H and O–H groups in total. The molecule has 3 aromatic carbocycles. The number of ether oxygens (including phenoxy) is 1. The van der Waals surface area contributed by atoms with Crippen molar-refractivity contribution in [3.05, 3.63) is 107 Å². The van der Waals surface area contributed by atoms with Crippen LogP contribution in [0.25, 0.3) is 0 Å². The number of nitrogens with one attached hydrogen (secondary N) is 3. The fraction of sp³-hybridized carbons (Fsp3) is 0.250. The lowest BCUT2D eigenvalue weighted by Crippen LogP contribution is -2.48. The van der Waals surface area contributed by atoms with E-state index in [0.717, 1.165) is 5.56 Å². The molecule has 250 valence electrons. The predicted molar refractivity (Wildman–Crippen MR) is 176 cm³/mol. The molecule has 0 aromatic heterocycles. The minimum Gasteiger partial charge on any atom is -0.445 e. The Morgan fingerprint density at radius 2 is 1.40 bits per heavy atom. The number of halogens is 1. The quantitative estimate of drug-likeness (QED) is 0.0489. The van der Waals surface area contributed by atoms with Crippen LogP contribution in [0, 0.1) is 0 Å². The highest BCUT2D eigenvalue weighted by atomic mass is 35.5. The van der Waals surface area contributed by atoms with Gasteiger partial charge in [0, 0.05) is 17.7 Å². The smallest absolute Gasteiger partial charge is 0.407 e. The van der Waals surface area contributed by atoms with Gasteiger partial charge in [0.25, 0.3) is 5.91 Å². The minimum absolute atomic E-state index is 0. The molecule has 0 aliphatic heterocycles. The van der Waals surface area contributed by atoms with E-state index in [4.69, 9.17) is 21.9 Å². The maximum absolute atomic E-state index is 13.9. The maximum atomic E-state index is 13.9. The number of benzene rings is 3. The van der Waals surface area contributed by atoms with Gasteiger partial charge in [-0.3, -0.25) is 24.2 Å². The van der Waals surface area contributed by atoms with Crippen LogP contribution in [0.1, 0.15) is 39.9 Å². The van der Waals surface area contributed by atoms with E-state index in [-0.39, 0.29) is 61.1 Å². The molecule has 47 heavy (non-hydrogen) atoms. The number of hydrogen-bond acceptors (Lipinski definition) is 8. The highest BCUT2D eigenvalue weighted by Crippen LogP contribution is 2.32. The first-order chi connectivity index (χ1) is 22.0.